The molecule has 0 rings (SSSR count). The quantitative estimate of drug-likeness (QED) is 0.0427. The van der Waals surface area contributed by atoms with Gasteiger partial charge >= 0.3 is 5.97 Å². The molecule has 0 saturated carbocycles. The Morgan fingerprint density at radius 1 is 0.528 bits per heavy atom. The second kappa shape index (κ2) is 40.3. The molecule has 0 spiro atoms. The average Bonchev–Trinajstić information content (AvgIpc) is 3.12. The van der Waals surface area contributed by atoms with Crippen molar-refractivity contribution in [3.63, 3.8) is 0 Å². The standard InChI is InChI=1S/C38H69N3O10.C2H6/c1-32(2)34(41-36(44)18-16-14-12-10-8-6-4-5-7-9-11-13-15-17-19-38(46)47)20-21-35(43)39-22-24-48-27-29-51-31-37(45)40-23-25-49-26-28-50-30-33(3)42;1-2/h34H,1,4-31H2,2-3H3,(H,39,43)(H,40,45)(H,41,44)(H,46,47);1-2H3. The molecule has 0 heterocycles. The van der Waals surface area contributed by atoms with Gasteiger partial charge in [-0.3, -0.25) is 24.0 Å². The number of carboxylic acids is 1. The van der Waals surface area contributed by atoms with Crippen molar-refractivity contribution in [3.8, 4) is 0 Å². The van der Waals surface area contributed by atoms with Crippen LogP contribution in [-0.4, -0.2) is 107 Å². The van der Waals surface area contributed by atoms with Gasteiger partial charge in [-0.1, -0.05) is 103 Å². The van der Waals surface area contributed by atoms with Crippen molar-refractivity contribution in [1.82, 2.24) is 16.0 Å². The normalized spacial score (nSPS) is 11.2. The molecule has 3 amide bonds. The largest absolute Gasteiger partial charge is 0.481 e. The third-order valence-corrected chi connectivity index (χ3v) is 8.05. The molecule has 0 aliphatic heterocycles. The average molecular weight is 758 g/mol. The zero-order valence-corrected chi connectivity index (χ0v) is 33.7. The van der Waals surface area contributed by atoms with E-state index in [1.54, 1.807) is 0 Å². The monoisotopic (exact) mass is 758 g/mol. The van der Waals surface area contributed by atoms with Crippen LogP contribution in [0.1, 0.15) is 143 Å². The number of ether oxygens (including phenoxy) is 4. The Labute approximate surface area is 320 Å². The summed E-state index contributed by atoms with van der Waals surface area (Å²) in [7, 11) is 0. The van der Waals surface area contributed by atoms with Crippen molar-refractivity contribution < 1.29 is 48.0 Å². The lowest BCUT2D eigenvalue weighted by molar-refractivity contribution is -0.137. The van der Waals surface area contributed by atoms with E-state index in [2.05, 4.69) is 22.5 Å². The number of aliphatic carboxylic acids is 1. The Balaban J connectivity index is 0. The lowest BCUT2D eigenvalue weighted by Gasteiger charge is -2.19. The van der Waals surface area contributed by atoms with Gasteiger partial charge in [0.15, 0.2) is 5.78 Å². The Morgan fingerprint density at radius 2 is 0.943 bits per heavy atom. The zero-order chi connectivity index (χ0) is 39.8. The van der Waals surface area contributed by atoms with E-state index >= 15 is 0 Å². The molecule has 0 aromatic rings. The van der Waals surface area contributed by atoms with Crippen molar-refractivity contribution in [3.05, 3.63) is 12.2 Å². The molecule has 0 fully saturated rings. The van der Waals surface area contributed by atoms with Crippen LogP contribution in [0.15, 0.2) is 12.2 Å². The van der Waals surface area contributed by atoms with E-state index in [0.29, 0.717) is 58.8 Å². The third-order valence-electron chi connectivity index (χ3n) is 8.05. The van der Waals surface area contributed by atoms with Gasteiger partial charge in [-0.15, -0.1) is 0 Å². The molecule has 1 atom stereocenters. The van der Waals surface area contributed by atoms with Crippen LogP contribution in [0.25, 0.3) is 0 Å². The molecule has 0 aliphatic rings. The fourth-order valence-electron chi connectivity index (χ4n) is 5.15. The molecule has 1 unspecified atom stereocenters. The smallest absolute Gasteiger partial charge is 0.303 e. The van der Waals surface area contributed by atoms with Crippen molar-refractivity contribution in [2.45, 2.75) is 149 Å². The first-order valence-electron chi connectivity index (χ1n) is 20.1. The highest BCUT2D eigenvalue weighted by atomic mass is 16.5. The van der Waals surface area contributed by atoms with E-state index < -0.39 is 5.97 Å². The number of carbonyl (C=O) groups excluding carboxylic acids is 4. The fraction of sp³-hybridized carbons (Fsp3) is 0.825. The number of Topliss-reactive ketones (excluding diaryl/α,β-unsaturated/α-hetero) is 1. The molecule has 0 aliphatic carbocycles. The summed E-state index contributed by atoms with van der Waals surface area (Å²) in [6.07, 6.45) is 17.5. The summed E-state index contributed by atoms with van der Waals surface area (Å²) < 4.78 is 21.1. The number of ketones is 1. The molecule has 53 heavy (non-hydrogen) atoms. The summed E-state index contributed by atoms with van der Waals surface area (Å²) in [4.78, 5) is 57.8. The summed E-state index contributed by atoms with van der Waals surface area (Å²) in [5.41, 5.74) is 0.824. The highest BCUT2D eigenvalue weighted by Crippen LogP contribution is 2.14. The van der Waals surface area contributed by atoms with Crippen LogP contribution in [0, 0.1) is 0 Å². The predicted octanol–water partition coefficient (Wildman–Crippen LogP) is 6.07. The van der Waals surface area contributed by atoms with E-state index in [0.717, 1.165) is 44.1 Å². The topological polar surface area (TPSA) is 179 Å². The SMILES string of the molecule is C=C(C)C(CCC(=O)NCCOCCOCC(=O)NCCOCCOCC(C)=O)NC(=O)CCCCCCCCCCCCCCCCC(=O)O.CC. The first-order chi connectivity index (χ1) is 25.6. The number of carbonyl (C=O) groups is 5. The zero-order valence-electron chi connectivity index (χ0n) is 33.7. The van der Waals surface area contributed by atoms with E-state index in [4.69, 9.17) is 24.1 Å². The van der Waals surface area contributed by atoms with E-state index in [1.165, 1.54) is 58.3 Å². The van der Waals surface area contributed by atoms with Gasteiger partial charge in [0.05, 0.1) is 39.6 Å². The maximum absolute atomic E-state index is 12.5. The maximum atomic E-state index is 12.5. The fourth-order valence-corrected chi connectivity index (χ4v) is 5.15. The van der Waals surface area contributed by atoms with Gasteiger partial charge in [0.2, 0.25) is 17.7 Å². The first kappa shape index (κ1) is 52.2. The van der Waals surface area contributed by atoms with E-state index in [-0.39, 0.29) is 62.4 Å². The lowest BCUT2D eigenvalue weighted by atomic mass is 10.0. The first-order valence-corrected chi connectivity index (χ1v) is 20.1. The summed E-state index contributed by atoms with van der Waals surface area (Å²) in [5, 5.41) is 17.2. The number of unbranched alkanes of at least 4 members (excludes halogenated alkanes) is 13. The number of hydrogen-bond acceptors (Lipinski definition) is 9. The van der Waals surface area contributed by atoms with Crippen molar-refractivity contribution in [1.29, 1.82) is 0 Å². The molecule has 0 radical (unpaired) electrons. The van der Waals surface area contributed by atoms with Gasteiger partial charge in [0, 0.05) is 38.4 Å². The molecule has 0 bridgehead atoms. The minimum atomic E-state index is -0.696. The van der Waals surface area contributed by atoms with Crippen LogP contribution in [0.2, 0.25) is 0 Å². The van der Waals surface area contributed by atoms with Gasteiger partial charge in [-0.25, -0.2) is 0 Å². The number of carboxylic acid groups (broad SMARTS) is 1. The minimum absolute atomic E-state index is 0.00316. The van der Waals surface area contributed by atoms with Crippen LogP contribution in [0.5, 0.6) is 0 Å². The van der Waals surface area contributed by atoms with Crippen LogP contribution in [0.4, 0.5) is 0 Å². The van der Waals surface area contributed by atoms with Gasteiger partial charge in [-0.2, -0.15) is 0 Å². The van der Waals surface area contributed by atoms with Crippen LogP contribution >= 0.6 is 0 Å². The van der Waals surface area contributed by atoms with Gasteiger partial charge in [0.25, 0.3) is 0 Å². The highest BCUT2D eigenvalue weighted by Gasteiger charge is 2.15. The molecule has 0 aromatic heterocycles. The molecule has 0 aromatic carbocycles. The Hall–Kier alpha value is -2.87. The third kappa shape index (κ3) is 41.7. The Morgan fingerprint density at radius 3 is 1.40 bits per heavy atom. The maximum Gasteiger partial charge on any atom is 0.303 e. The van der Waals surface area contributed by atoms with Crippen LogP contribution in [-0.2, 0) is 42.9 Å². The summed E-state index contributed by atoms with van der Waals surface area (Å²) in [6.45, 7) is 13.8. The van der Waals surface area contributed by atoms with Crippen molar-refractivity contribution in [2.75, 3.05) is 65.9 Å². The van der Waals surface area contributed by atoms with Gasteiger partial charge in [-0.05, 0) is 33.1 Å². The summed E-state index contributed by atoms with van der Waals surface area (Å²) in [6, 6.07) is -0.239. The number of rotatable bonds is 38. The number of hydrogen-bond donors (Lipinski definition) is 4. The second-order valence-corrected chi connectivity index (χ2v) is 13.1. The number of amides is 3. The summed E-state index contributed by atoms with van der Waals surface area (Å²) >= 11 is 0. The Bertz CT molecular complexity index is 948. The van der Waals surface area contributed by atoms with Crippen LogP contribution in [0.3, 0.4) is 0 Å². The Kier molecular flexibility index (Phi) is 39.7. The summed E-state index contributed by atoms with van der Waals surface area (Å²) in [5.74, 6) is -1.12. The molecule has 13 heteroatoms. The molecule has 310 valence electrons. The molecular weight excluding hydrogens is 682 g/mol. The minimum Gasteiger partial charge on any atom is -0.481 e. The predicted molar refractivity (Wildman–Crippen MR) is 209 cm³/mol. The van der Waals surface area contributed by atoms with Gasteiger partial charge < -0.3 is 40.0 Å². The van der Waals surface area contributed by atoms with E-state index in [1.807, 2.05) is 20.8 Å². The van der Waals surface area contributed by atoms with Gasteiger partial charge in [0.1, 0.15) is 13.2 Å². The van der Waals surface area contributed by atoms with Crippen molar-refractivity contribution >= 4 is 29.5 Å². The lowest BCUT2D eigenvalue weighted by Crippen LogP contribution is -2.37. The number of nitrogens with one attached hydrogen (secondary N) is 3. The molecular formula is C40H75N3O10. The van der Waals surface area contributed by atoms with Crippen molar-refractivity contribution in [2.24, 2.45) is 0 Å². The highest BCUT2D eigenvalue weighted by molar-refractivity contribution is 5.78. The molecule has 13 nitrogen and oxygen atoms in total. The second-order valence-electron chi connectivity index (χ2n) is 13.1. The van der Waals surface area contributed by atoms with Crippen LogP contribution < -0.4 is 16.0 Å². The molecule has 0 saturated heterocycles. The molecule has 4 N–H and O–H groups in total. The van der Waals surface area contributed by atoms with E-state index in [9.17, 15) is 24.0 Å².